The van der Waals surface area contributed by atoms with Gasteiger partial charge in [-0.05, 0) is 42.5 Å². The smallest absolute Gasteiger partial charge is 0.0731 e. The van der Waals surface area contributed by atoms with Gasteiger partial charge in [0.25, 0.3) is 0 Å². The number of rotatable bonds is 7. The van der Waals surface area contributed by atoms with Gasteiger partial charge in [0, 0.05) is 11.0 Å². The van der Waals surface area contributed by atoms with Crippen molar-refractivity contribution in [3.63, 3.8) is 0 Å². The summed E-state index contributed by atoms with van der Waals surface area (Å²) in [5, 5.41) is 3.36. The molecule has 1 aliphatic rings. The molecule has 0 amide bonds. The van der Waals surface area contributed by atoms with Crippen LogP contribution in [0.4, 0.5) is 0 Å². The van der Waals surface area contributed by atoms with Gasteiger partial charge in [-0.1, -0.05) is 61.2 Å². The fourth-order valence-electron chi connectivity index (χ4n) is 3.14. The molecule has 21 heavy (non-hydrogen) atoms. The Morgan fingerprint density at radius 3 is 2.76 bits per heavy atom. The Balaban J connectivity index is 1.90. The largest absolute Gasteiger partial charge is 0.373 e. The van der Waals surface area contributed by atoms with Gasteiger partial charge >= 0.3 is 0 Å². The first kappa shape index (κ1) is 17.0. The minimum atomic E-state index is 0.456. The summed E-state index contributed by atoms with van der Waals surface area (Å²) in [4.78, 5) is 0. The Kier molecular flexibility index (Phi) is 7.21. The standard InChI is InChI=1S/C18H28BrNO/c1-3-15-7-5-6-8-18(15)21-13-16-10-9-14(11-17(16)19)12-20-4-2/h9-11,15,18,20H,3-8,12-13H2,1-2H3. The highest BCUT2D eigenvalue weighted by Crippen LogP contribution is 2.30. The average Bonchev–Trinajstić information content (AvgIpc) is 2.52. The van der Waals surface area contributed by atoms with Crippen LogP contribution in [0, 0.1) is 5.92 Å². The lowest BCUT2D eigenvalue weighted by molar-refractivity contribution is -0.0224. The number of hydrogen-bond acceptors (Lipinski definition) is 2. The lowest BCUT2D eigenvalue weighted by Crippen LogP contribution is -2.27. The molecule has 3 heteroatoms. The van der Waals surface area contributed by atoms with Gasteiger partial charge < -0.3 is 10.1 Å². The molecule has 0 radical (unpaired) electrons. The van der Waals surface area contributed by atoms with E-state index in [9.17, 15) is 0 Å². The molecular formula is C18H28BrNO. The number of hydrogen-bond donors (Lipinski definition) is 1. The van der Waals surface area contributed by atoms with Crippen LogP contribution >= 0.6 is 15.9 Å². The highest BCUT2D eigenvalue weighted by atomic mass is 79.9. The van der Waals surface area contributed by atoms with Crippen LogP contribution in [0.1, 0.15) is 57.1 Å². The Bertz CT molecular complexity index is 435. The Hall–Kier alpha value is -0.380. The number of ether oxygens (including phenoxy) is 1. The molecule has 2 atom stereocenters. The molecule has 0 aromatic heterocycles. The van der Waals surface area contributed by atoms with Crippen LogP contribution in [-0.2, 0) is 17.9 Å². The van der Waals surface area contributed by atoms with Gasteiger partial charge in [-0.3, -0.25) is 0 Å². The third-order valence-electron chi connectivity index (χ3n) is 4.51. The maximum atomic E-state index is 6.23. The predicted molar refractivity (Wildman–Crippen MR) is 92.3 cm³/mol. The minimum Gasteiger partial charge on any atom is -0.373 e. The highest BCUT2D eigenvalue weighted by molar-refractivity contribution is 9.10. The maximum Gasteiger partial charge on any atom is 0.0731 e. The third-order valence-corrected chi connectivity index (χ3v) is 5.25. The molecule has 2 rings (SSSR count). The molecule has 1 aliphatic carbocycles. The zero-order chi connectivity index (χ0) is 15.1. The van der Waals surface area contributed by atoms with Crippen molar-refractivity contribution in [2.75, 3.05) is 6.54 Å². The van der Waals surface area contributed by atoms with Gasteiger partial charge in [-0.25, -0.2) is 0 Å². The van der Waals surface area contributed by atoms with Crippen LogP contribution in [0.3, 0.4) is 0 Å². The molecule has 1 saturated carbocycles. The molecule has 0 aliphatic heterocycles. The Morgan fingerprint density at radius 1 is 1.24 bits per heavy atom. The average molecular weight is 354 g/mol. The van der Waals surface area contributed by atoms with E-state index in [1.807, 2.05) is 0 Å². The Morgan fingerprint density at radius 2 is 2.05 bits per heavy atom. The van der Waals surface area contributed by atoms with E-state index in [1.54, 1.807) is 0 Å². The number of benzene rings is 1. The lowest BCUT2D eigenvalue weighted by Gasteiger charge is -2.31. The van der Waals surface area contributed by atoms with Crippen molar-refractivity contribution in [2.45, 2.75) is 65.2 Å². The summed E-state index contributed by atoms with van der Waals surface area (Å²) in [6.07, 6.45) is 6.97. The fraction of sp³-hybridized carbons (Fsp3) is 0.667. The van der Waals surface area contributed by atoms with Gasteiger partial charge in [0.15, 0.2) is 0 Å². The lowest BCUT2D eigenvalue weighted by atomic mass is 9.85. The number of halogens is 1. The predicted octanol–water partition coefficient (Wildman–Crippen LogP) is 5.04. The van der Waals surface area contributed by atoms with Crippen LogP contribution in [-0.4, -0.2) is 12.6 Å². The van der Waals surface area contributed by atoms with E-state index in [0.29, 0.717) is 6.10 Å². The second-order valence-corrected chi connectivity index (χ2v) is 6.86. The van der Waals surface area contributed by atoms with Crippen molar-refractivity contribution in [2.24, 2.45) is 5.92 Å². The first-order valence-electron chi connectivity index (χ1n) is 8.34. The van der Waals surface area contributed by atoms with Crippen LogP contribution < -0.4 is 5.32 Å². The molecule has 2 nitrogen and oxygen atoms in total. The van der Waals surface area contributed by atoms with E-state index in [1.165, 1.54) is 47.7 Å². The molecule has 0 saturated heterocycles. The molecule has 1 aromatic rings. The van der Waals surface area contributed by atoms with E-state index in [4.69, 9.17) is 4.74 Å². The van der Waals surface area contributed by atoms with E-state index in [2.05, 4.69) is 53.3 Å². The van der Waals surface area contributed by atoms with Crippen molar-refractivity contribution in [3.05, 3.63) is 33.8 Å². The SMILES string of the molecule is CCNCc1ccc(COC2CCCCC2CC)c(Br)c1. The molecule has 1 N–H and O–H groups in total. The van der Waals surface area contributed by atoms with Crippen molar-refractivity contribution >= 4 is 15.9 Å². The van der Waals surface area contributed by atoms with Crippen LogP contribution in [0.5, 0.6) is 0 Å². The second kappa shape index (κ2) is 8.92. The highest BCUT2D eigenvalue weighted by Gasteiger charge is 2.24. The molecule has 1 fully saturated rings. The summed E-state index contributed by atoms with van der Waals surface area (Å²) < 4.78 is 7.40. The van der Waals surface area contributed by atoms with Crippen molar-refractivity contribution in [3.8, 4) is 0 Å². The molecule has 2 unspecified atom stereocenters. The van der Waals surface area contributed by atoms with Gasteiger partial charge in [-0.15, -0.1) is 0 Å². The van der Waals surface area contributed by atoms with E-state index in [0.717, 1.165) is 25.6 Å². The fourth-order valence-corrected chi connectivity index (χ4v) is 3.68. The monoisotopic (exact) mass is 353 g/mol. The quantitative estimate of drug-likeness (QED) is 0.740. The van der Waals surface area contributed by atoms with Crippen molar-refractivity contribution < 1.29 is 4.74 Å². The van der Waals surface area contributed by atoms with Gasteiger partial charge in [0.1, 0.15) is 0 Å². The third kappa shape index (κ3) is 5.08. The molecule has 0 heterocycles. The molecule has 0 bridgehead atoms. The summed E-state index contributed by atoms with van der Waals surface area (Å²) in [5.41, 5.74) is 2.58. The first-order chi connectivity index (χ1) is 10.2. The maximum absolute atomic E-state index is 6.23. The van der Waals surface area contributed by atoms with E-state index in [-0.39, 0.29) is 0 Å². The van der Waals surface area contributed by atoms with Crippen molar-refractivity contribution in [1.29, 1.82) is 0 Å². The number of nitrogens with one attached hydrogen (secondary N) is 1. The summed E-state index contributed by atoms with van der Waals surface area (Å²) in [6, 6.07) is 6.60. The van der Waals surface area contributed by atoms with Gasteiger partial charge in [0.05, 0.1) is 12.7 Å². The summed E-state index contributed by atoms with van der Waals surface area (Å²) in [6.45, 7) is 7.08. The zero-order valence-electron chi connectivity index (χ0n) is 13.3. The van der Waals surface area contributed by atoms with Gasteiger partial charge in [-0.2, -0.15) is 0 Å². The molecular weight excluding hydrogens is 326 g/mol. The van der Waals surface area contributed by atoms with Crippen LogP contribution in [0.2, 0.25) is 0 Å². The van der Waals surface area contributed by atoms with Crippen molar-refractivity contribution in [1.82, 2.24) is 5.32 Å². The molecule has 1 aromatic carbocycles. The van der Waals surface area contributed by atoms with E-state index < -0.39 is 0 Å². The summed E-state index contributed by atoms with van der Waals surface area (Å²) in [5.74, 6) is 0.755. The van der Waals surface area contributed by atoms with Gasteiger partial charge in [0.2, 0.25) is 0 Å². The first-order valence-corrected chi connectivity index (χ1v) is 9.13. The molecule has 0 spiro atoms. The zero-order valence-corrected chi connectivity index (χ0v) is 14.9. The normalized spacial score (nSPS) is 22.4. The topological polar surface area (TPSA) is 21.3 Å². The minimum absolute atomic E-state index is 0.456. The van der Waals surface area contributed by atoms with E-state index >= 15 is 0 Å². The van der Waals surface area contributed by atoms with Crippen LogP contribution in [0.15, 0.2) is 22.7 Å². The second-order valence-electron chi connectivity index (χ2n) is 6.01. The Labute approximate surface area is 137 Å². The summed E-state index contributed by atoms with van der Waals surface area (Å²) in [7, 11) is 0. The summed E-state index contributed by atoms with van der Waals surface area (Å²) >= 11 is 3.69. The van der Waals surface area contributed by atoms with Crippen LogP contribution in [0.25, 0.3) is 0 Å². The molecule has 118 valence electrons.